The molecule has 112 valence electrons. The van der Waals surface area contributed by atoms with Gasteiger partial charge in [0, 0.05) is 6.04 Å². The predicted octanol–water partition coefficient (Wildman–Crippen LogP) is 2.24. The van der Waals surface area contributed by atoms with Gasteiger partial charge in [-0.25, -0.2) is 22.0 Å². The van der Waals surface area contributed by atoms with Gasteiger partial charge in [0.15, 0.2) is 23.3 Å². The van der Waals surface area contributed by atoms with E-state index in [1.165, 1.54) is 0 Å². The van der Waals surface area contributed by atoms with E-state index < -0.39 is 46.6 Å². The first-order valence-corrected chi connectivity index (χ1v) is 5.87. The quantitative estimate of drug-likeness (QED) is 0.497. The van der Waals surface area contributed by atoms with E-state index in [0.717, 1.165) is 0 Å². The molecule has 0 saturated carbocycles. The van der Waals surface area contributed by atoms with Gasteiger partial charge in [-0.3, -0.25) is 4.79 Å². The van der Waals surface area contributed by atoms with Crippen molar-refractivity contribution in [2.45, 2.75) is 25.8 Å². The second-order valence-electron chi connectivity index (χ2n) is 4.10. The van der Waals surface area contributed by atoms with E-state index in [4.69, 9.17) is 5.73 Å². The van der Waals surface area contributed by atoms with Gasteiger partial charge in [0.25, 0.3) is 5.91 Å². The summed E-state index contributed by atoms with van der Waals surface area (Å²) in [6, 6.07) is -0.512. The van der Waals surface area contributed by atoms with E-state index in [1.54, 1.807) is 6.92 Å². The molecule has 0 saturated heterocycles. The number of benzene rings is 1. The van der Waals surface area contributed by atoms with E-state index in [2.05, 4.69) is 5.32 Å². The summed E-state index contributed by atoms with van der Waals surface area (Å²) < 4.78 is 65.5. The molecule has 1 unspecified atom stereocenters. The van der Waals surface area contributed by atoms with Crippen LogP contribution in [0.4, 0.5) is 22.0 Å². The van der Waals surface area contributed by atoms with Crippen LogP contribution in [-0.2, 0) is 0 Å². The fourth-order valence-corrected chi connectivity index (χ4v) is 1.64. The van der Waals surface area contributed by atoms with E-state index in [-0.39, 0.29) is 6.54 Å². The van der Waals surface area contributed by atoms with Crippen LogP contribution in [0, 0.1) is 29.1 Å². The average Bonchev–Trinajstić information content (AvgIpc) is 2.42. The van der Waals surface area contributed by atoms with Crippen LogP contribution < -0.4 is 11.1 Å². The third kappa shape index (κ3) is 3.06. The van der Waals surface area contributed by atoms with Crippen molar-refractivity contribution in [3.63, 3.8) is 0 Å². The Labute approximate surface area is 112 Å². The van der Waals surface area contributed by atoms with E-state index in [9.17, 15) is 26.7 Å². The Morgan fingerprint density at radius 1 is 1.05 bits per heavy atom. The summed E-state index contributed by atoms with van der Waals surface area (Å²) in [5.41, 5.74) is 3.79. The Morgan fingerprint density at radius 2 is 1.50 bits per heavy atom. The first-order chi connectivity index (χ1) is 9.34. The molecule has 1 atom stereocenters. The van der Waals surface area contributed by atoms with Crippen LogP contribution in [0.15, 0.2) is 0 Å². The fourth-order valence-electron chi connectivity index (χ4n) is 1.64. The highest BCUT2D eigenvalue weighted by Crippen LogP contribution is 2.23. The summed E-state index contributed by atoms with van der Waals surface area (Å²) in [6.45, 7) is 1.88. The third-order valence-electron chi connectivity index (χ3n) is 2.78. The molecular weight excluding hydrogens is 283 g/mol. The van der Waals surface area contributed by atoms with Crippen LogP contribution in [0.25, 0.3) is 0 Å². The number of halogens is 5. The first-order valence-electron chi connectivity index (χ1n) is 5.87. The maximum Gasteiger partial charge on any atom is 0.257 e. The molecule has 0 aliphatic carbocycles. The van der Waals surface area contributed by atoms with Gasteiger partial charge in [0.1, 0.15) is 5.56 Å². The Hall–Kier alpha value is -1.70. The number of nitrogens with one attached hydrogen (secondary N) is 1. The Kier molecular flexibility index (Phi) is 5.43. The maximum atomic E-state index is 13.4. The van der Waals surface area contributed by atoms with Crippen LogP contribution in [0.3, 0.4) is 0 Å². The molecular formula is C12H13F5N2O. The molecule has 0 heterocycles. The normalized spacial score (nSPS) is 12.3. The molecule has 8 heteroatoms. The first kappa shape index (κ1) is 16.4. The predicted molar refractivity (Wildman–Crippen MR) is 61.4 cm³/mol. The standard InChI is InChI=1S/C12H13F5N2O/c1-2-5(3-4-18)19-12(20)6-7(13)9(15)11(17)10(16)8(6)14/h5H,2-4,18H2,1H3,(H,19,20). The molecule has 0 aliphatic heterocycles. The van der Waals surface area contributed by atoms with Gasteiger partial charge in [-0.1, -0.05) is 6.92 Å². The molecule has 0 aromatic heterocycles. The van der Waals surface area contributed by atoms with Crippen LogP contribution in [-0.4, -0.2) is 18.5 Å². The molecule has 1 rings (SSSR count). The van der Waals surface area contributed by atoms with Crippen molar-refractivity contribution < 1.29 is 26.7 Å². The minimum atomic E-state index is -2.30. The number of carbonyl (C=O) groups excluding carboxylic acids is 1. The number of carbonyl (C=O) groups is 1. The van der Waals surface area contributed by atoms with Crippen molar-refractivity contribution in [1.82, 2.24) is 5.32 Å². The molecule has 0 bridgehead atoms. The van der Waals surface area contributed by atoms with Gasteiger partial charge in [0.2, 0.25) is 5.82 Å². The largest absolute Gasteiger partial charge is 0.349 e. The van der Waals surface area contributed by atoms with Gasteiger partial charge in [-0.05, 0) is 19.4 Å². The lowest BCUT2D eigenvalue weighted by Crippen LogP contribution is -2.37. The highest BCUT2D eigenvalue weighted by Gasteiger charge is 2.30. The van der Waals surface area contributed by atoms with Gasteiger partial charge in [-0.15, -0.1) is 0 Å². The van der Waals surface area contributed by atoms with Crippen molar-refractivity contribution in [1.29, 1.82) is 0 Å². The van der Waals surface area contributed by atoms with Crippen LogP contribution in [0.1, 0.15) is 30.1 Å². The van der Waals surface area contributed by atoms with Gasteiger partial charge in [-0.2, -0.15) is 0 Å². The summed E-state index contributed by atoms with van der Waals surface area (Å²) in [5.74, 6) is -12.3. The molecule has 1 aromatic carbocycles. The van der Waals surface area contributed by atoms with Crippen molar-refractivity contribution >= 4 is 5.91 Å². The zero-order chi connectivity index (χ0) is 15.4. The van der Waals surface area contributed by atoms with Crippen molar-refractivity contribution in [3.8, 4) is 0 Å². The molecule has 0 spiro atoms. The highest BCUT2D eigenvalue weighted by atomic mass is 19.2. The maximum absolute atomic E-state index is 13.4. The number of nitrogens with two attached hydrogens (primary N) is 1. The summed E-state index contributed by atoms with van der Waals surface area (Å²) >= 11 is 0. The van der Waals surface area contributed by atoms with Crippen molar-refractivity contribution in [2.24, 2.45) is 5.73 Å². The SMILES string of the molecule is CCC(CCN)NC(=O)c1c(F)c(F)c(F)c(F)c1F. The summed E-state index contributed by atoms with van der Waals surface area (Å²) in [4.78, 5) is 11.7. The third-order valence-corrected chi connectivity index (χ3v) is 2.78. The Morgan fingerprint density at radius 3 is 1.90 bits per heavy atom. The fraction of sp³-hybridized carbons (Fsp3) is 0.417. The summed E-state index contributed by atoms with van der Waals surface area (Å²) in [5, 5.41) is 2.18. The molecule has 0 radical (unpaired) electrons. The second-order valence-corrected chi connectivity index (χ2v) is 4.10. The lowest BCUT2D eigenvalue weighted by molar-refractivity contribution is 0.0922. The van der Waals surface area contributed by atoms with Crippen molar-refractivity contribution in [3.05, 3.63) is 34.6 Å². The second kappa shape index (κ2) is 6.65. The zero-order valence-corrected chi connectivity index (χ0v) is 10.6. The molecule has 0 fully saturated rings. The zero-order valence-electron chi connectivity index (χ0n) is 10.6. The number of hydrogen-bond donors (Lipinski definition) is 2. The van der Waals surface area contributed by atoms with Crippen LogP contribution in [0.5, 0.6) is 0 Å². The lowest BCUT2D eigenvalue weighted by atomic mass is 10.1. The van der Waals surface area contributed by atoms with Crippen LogP contribution in [0.2, 0.25) is 0 Å². The molecule has 20 heavy (non-hydrogen) atoms. The number of amides is 1. The van der Waals surface area contributed by atoms with Crippen LogP contribution >= 0.6 is 0 Å². The lowest BCUT2D eigenvalue weighted by Gasteiger charge is -2.16. The Bertz CT molecular complexity index is 492. The molecule has 1 aromatic rings. The van der Waals surface area contributed by atoms with Gasteiger partial charge >= 0.3 is 0 Å². The minimum absolute atomic E-state index is 0.204. The van der Waals surface area contributed by atoms with Gasteiger partial charge in [0.05, 0.1) is 0 Å². The minimum Gasteiger partial charge on any atom is -0.349 e. The average molecular weight is 296 g/mol. The molecule has 0 aliphatic rings. The number of rotatable bonds is 5. The molecule has 1 amide bonds. The summed E-state index contributed by atoms with van der Waals surface area (Å²) in [6.07, 6.45) is 0.718. The van der Waals surface area contributed by atoms with Crippen molar-refractivity contribution in [2.75, 3.05) is 6.54 Å². The molecule has 3 N–H and O–H groups in total. The number of hydrogen-bond acceptors (Lipinski definition) is 2. The highest BCUT2D eigenvalue weighted by molar-refractivity contribution is 5.95. The smallest absolute Gasteiger partial charge is 0.257 e. The van der Waals surface area contributed by atoms with E-state index in [0.29, 0.717) is 12.8 Å². The molecule has 3 nitrogen and oxygen atoms in total. The topological polar surface area (TPSA) is 55.1 Å². The Balaban J connectivity index is 3.17. The van der Waals surface area contributed by atoms with E-state index >= 15 is 0 Å². The van der Waals surface area contributed by atoms with E-state index in [1.807, 2.05) is 0 Å². The van der Waals surface area contributed by atoms with Gasteiger partial charge < -0.3 is 11.1 Å². The monoisotopic (exact) mass is 296 g/mol. The summed E-state index contributed by atoms with van der Waals surface area (Å²) in [7, 11) is 0.